The van der Waals surface area contributed by atoms with E-state index in [0.29, 0.717) is 10.5 Å². The second kappa shape index (κ2) is 4.06. The van der Waals surface area contributed by atoms with Crippen molar-refractivity contribution in [3.63, 3.8) is 0 Å². The third kappa shape index (κ3) is 2.56. The Morgan fingerprint density at radius 1 is 1.36 bits per heavy atom. The molecule has 11 heavy (non-hydrogen) atoms. The summed E-state index contributed by atoms with van der Waals surface area (Å²) in [6.07, 6.45) is -0.151. The van der Waals surface area contributed by atoms with E-state index in [0.717, 1.165) is 11.0 Å². The predicted molar refractivity (Wildman–Crippen MR) is 54.4 cm³/mol. The van der Waals surface area contributed by atoms with Crippen molar-refractivity contribution in [3.05, 3.63) is 0 Å². The molecule has 0 spiro atoms. The maximum absolute atomic E-state index is 9.35. The second-order valence-corrected chi connectivity index (χ2v) is 6.19. The van der Waals surface area contributed by atoms with E-state index >= 15 is 0 Å². The number of hydrogen-bond acceptors (Lipinski definition) is 3. The van der Waals surface area contributed by atoms with Gasteiger partial charge in [0.2, 0.25) is 0 Å². The predicted octanol–water partition coefficient (Wildman–Crippen LogP) is 1.99. The summed E-state index contributed by atoms with van der Waals surface area (Å²) >= 11 is 3.91. The first kappa shape index (κ1) is 9.75. The number of thioether (sulfide) groups is 2. The Labute approximate surface area is 77.3 Å². The number of aliphatic hydroxyl groups excluding tert-OH is 1. The van der Waals surface area contributed by atoms with Gasteiger partial charge in [0, 0.05) is 21.5 Å². The van der Waals surface area contributed by atoms with Crippen LogP contribution >= 0.6 is 23.5 Å². The van der Waals surface area contributed by atoms with Crippen LogP contribution in [0, 0.1) is 0 Å². The molecule has 3 heteroatoms. The Hall–Kier alpha value is 0.660. The molecular formula is C8H16OS2. The highest BCUT2D eigenvalue weighted by molar-refractivity contribution is 8.07. The van der Waals surface area contributed by atoms with E-state index in [1.807, 2.05) is 30.4 Å². The van der Waals surface area contributed by atoms with Gasteiger partial charge in [-0.2, -0.15) is 23.5 Å². The van der Waals surface area contributed by atoms with Crippen LogP contribution in [0.3, 0.4) is 0 Å². The molecule has 0 saturated carbocycles. The molecule has 1 heterocycles. The highest BCUT2D eigenvalue weighted by atomic mass is 32.2. The fraction of sp³-hybridized carbons (Fsp3) is 1.00. The summed E-state index contributed by atoms with van der Waals surface area (Å²) in [7, 11) is 0. The van der Waals surface area contributed by atoms with Gasteiger partial charge in [-0.1, -0.05) is 13.8 Å². The topological polar surface area (TPSA) is 20.2 Å². The van der Waals surface area contributed by atoms with Gasteiger partial charge in [-0.05, 0) is 6.92 Å². The van der Waals surface area contributed by atoms with Gasteiger partial charge in [-0.3, -0.25) is 0 Å². The summed E-state index contributed by atoms with van der Waals surface area (Å²) in [4.78, 5) is 0. The van der Waals surface area contributed by atoms with Crippen molar-refractivity contribution in [2.24, 2.45) is 0 Å². The molecule has 1 N–H and O–H groups in total. The summed E-state index contributed by atoms with van der Waals surface area (Å²) < 4.78 is 0. The molecular weight excluding hydrogens is 176 g/mol. The average Bonchev–Trinajstić information content (AvgIpc) is 1.94. The zero-order valence-electron chi connectivity index (χ0n) is 7.28. The normalized spacial score (nSPS) is 42.0. The van der Waals surface area contributed by atoms with Crippen LogP contribution < -0.4 is 0 Å². The van der Waals surface area contributed by atoms with E-state index in [1.165, 1.54) is 0 Å². The minimum atomic E-state index is -0.151. The van der Waals surface area contributed by atoms with E-state index < -0.39 is 0 Å². The first-order valence-electron chi connectivity index (χ1n) is 4.06. The molecule has 0 radical (unpaired) electrons. The van der Waals surface area contributed by atoms with Crippen LogP contribution in [0.2, 0.25) is 0 Å². The van der Waals surface area contributed by atoms with Crippen molar-refractivity contribution in [2.45, 2.75) is 42.6 Å². The molecule has 1 nitrogen and oxygen atoms in total. The molecule has 0 amide bonds. The Morgan fingerprint density at radius 3 is 2.45 bits per heavy atom. The highest BCUT2D eigenvalue weighted by Gasteiger charge is 2.27. The second-order valence-electron chi connectivity index (χ2n) is 3.16. The quantitative estimate of drug-likeness (QED) is 0.686. The molecule has 4 unspecified atom stereocenters. The lowest BCUT2D eigenvalue weighted by Crippen LogP contribution is -2.32. The Bertz CT molecular complexity index is 127. The van der Waals surface area contributed by atoms with Gasteiger partial charge in [0.25, 0.3) is 0 Å². The van der Waals surface area contributed by atoms with Gasteiger partial charge in [0.15, 0.2) is 0 Å². The Balaban J connectivity index is 2.40. The first-order chi connectivity index (χ1) is 5.11. The van der Waals surface area contributed by atoms with E-state index in [1.54, 1.807) is 0 Å². The number of aliphatic hydroxyl groups is 1. The summed E-state index contributed by atoms with van der Waals surface area (Å²) in [5.74, 6) is 1.10. The van der Waals surface area contributed by atoms with Crippen molar-refractivity contribution in [1.82, 2.24) is 0 Å². The third-order valence-electron chi connectivity index (χ3n) is 2.11. The molecule has 1 aliphatic rings. The fourth-order valence-electron chi connectivity index (χ4n) is 1.06. The Kier molecular flexibility index (Phi) is 3.59. The van der Waals surface area contributed by atoms with Crippen molar-refractivity contribution in [1.29, 1.82) is 0 Å². The minimum Gasteiger partial charge on any atom is -0.392 e. The molecule has 0 aromatic carbocycles. The van der Waals surface area contributed by atoms with Crippen LogP contribution in [0.15, 0.2) is 0 Å². The monoisotopic (exact) mass is 192 g/mol. The van der Waals surface area contributed by atoms with Crippen LogP contribution in [-0.4, -0.2) is 32.7 Å². The van der Waals surface area contributed by atoms with E-state index in [9.17, 15) is 5.11 Å². The highest BCUT2D eigenvalue weighted by Crippen LogP contribution is 2.36. The maximum Gasteiger partial charge on any atom is 0.0638 e. The molecule has 0 aromatic rings. The molecule has 66 valence electrons. The van der Waals surface area contributed by atoms with Crippen LogP contribution in [0.25, 0.3) is 0 Å². The summed E-state index contributed by atoms with van der Waals surface area (Å²) in [6.45, 7) is 6.40. The van der Waals surface area contributed by atoms with Gasteiger partial charge in [-0.15, -0.1) is 0 Å². The number of rotatable bonds is 1. The molecule has 1 fully saturated rings. The lowest BCUT2D eigenvalue weighted by molar-refractivity contribution is 0.197. The van der Waals surface area contributed by atoms with E-state index in [4.69, 9.17) is 0 Å². The summed E-state index contributed by atoms with van der Waals surface area (Å²) in [5.41, 5.74) is 0. The van der Waals surface area contributed by atoms with Crippen LogP contribution in [0.1, 0.15) is 20.8 Å². The van der Waals surface area contributed by atoms with Crippen molar-refractivity contribution in [3.8, 4) is 0 Å². The van der Waals surface area contributed by atoms with Gasteiger partial charge < -0.3 is 5.11 Å². The van der Waals surface area contributed by atoms with Crippen LogP contribution in [-0.2, 0) is 0 Å². The van der Waals surface area contributed by atoms with Crippen LogP contribution in [0.5, 0.6) is 0 Å². The van der Waals surface area contributed by atoms with E-state index in [2.05, 4.69) is 13.8 Å². The third-order valence-corrected chi connectivity index (χ3v) is 5.73. The Morgan fingerprint density at radius 2 is 2.00 bits per heavy atom. The molecule has 0 aromatic heterocycles. The van der Waals surface area contributed by atoms with Gasteiger partial charge >= 0.3 is 0 Å². The smallest absolute Gasteiger partial charge is 0.0638 e. The zero-order chi connectivity index (χ0) is 8.43. The number of hydrogen-bond donors (Lipinski definition) is 1. The molecule has 1 aliphatic heterocycles. The SMILES string of the molecule is CC(O)C1CSC(C)C(C)S1. The van der Waals surface area contributed by atoms with Crippen molar-refractivity contribution >= 4 is 23.5 Å². The summed E-state index contributed by atoms with van der Waals surface area (Å²) in [5, 5.41) is 11.2. The van der Waals surface area contributed by atoms with E-state index in [-0.39, 0.29) is 6.10 Å². The minimum absolute atomic E-state index is 0.151. The van der Waals surface area contributed by atoms with Crippen molar-refractivity contribution < 1.29 is 5.11 Å². The van der Waals surface area contributed by atoms with Gasteiger partial charge in [0.05, 0.1) is 6.10 Å². The average molecular weight is 192 g/mol. The molecule has 1 saturated heterocycles. The van der Waals surface area contributed by atoms with Gasteiger partial charge in [0.1, 0.15) is 0 Å². The lowest BCUT2D eigenvalue weighted by Gasteiger charge is -2.32. The van der Waals surface area contributed by atoms with Gasteiger partial charge in [-0.25, -0.2) is 0 Å². The summed E-state index contributed by atoms with van der Waals surface area (Å²) in [6, 6.07) is 0. The molecule has 4 atom stereocenters. The molecule has 1 rings (SSSR count). The van der Waals surface area contributed by atoms with Crippen molar-refractivity contribution in [2.75, 3.05) is 5.75 Å². The maximum atomic E-state index is 9.35. The molecule has 0 aliphatic carbocycles. The first-order valence-corrected chi connectivity index (χ1v) is 6.05. The molecule has 0 bridgehead atoms. The standard InChI is InChI=1S/C8H16OS2/c1-5(9)8-4-10-6(2)7(3)11-8/h5-9H,4H2,1-3H3. The zero-order valence-corrected chi connectivity index (χ0v) is 8.91. The fourth-order valence-corrected chi connectivity index (χ4v) is 4.08. The largest absolute Gasteiger partial charge is 0.392 e. The van der Waals surface area contributed by atoms with Crippen LogP contribution in [0.4, 0.5) is 0 Å². The lowest BCUT2D eigenvalue weighted by atomic mass is 10.3.